The van der Waals surface area contributed by atoms with E-state index in [4.69, 9.17) is 37.1 Å². The average Bonchev–Trinajstić information content (AvgIpc) is 3.39. The molecule has 0 saturated carbocycles. The third-order valence-corrected chi connectivity index (χ3v) is 6.03. The number of nitrogens with zero attached hydrogens (tertiary/aromatic N) is 1. The lowest BCUT2D eigenvalue weighted by Gasteiger charge is -2.10. The van der Waals surface area contributed by atoms with Crippen LogP contribution in [0.2, 0.25) is 10.0 Å². The number of carbonyl (C=O) groups is 3. The Hall–Kier alpha value is -4.46. The van der Waals surface area contributed by atoms with E-state index in [9.17, 15) is 19.6 Å². The van der Waals surface area contributed by atoms with Crippen LogP contribution in [0.1, 0.15) is 17.1 Å². The summed E-state index contributed by atoms with van der Waals surface area (Å²) in [5.74, 6) is -0.658. The number of halogens is 2. The summed E-state index contributed by atoms with van der Waals surface area (Å²) >= 11 is 11.7. The Morgan fingerprint density at radius 2 is 1.69 bits per heavy atom. The van der Waals surface area contributed by atoms with Gasteiger partial charge in [0.15, 0.2) is 11.5 Å². The second-order valence-corrected chi connectivity index (χ2v) is 8.75. The van der Waals surface area contributed by atoms with Gasteiger partial charge in [0.05, 0.1) is 30.8 Å². The summed E-state index contributed by atoms with van der Waals surface area (Å²) in [6.45, 7) is 0.188. The number of benzene rings is 2. The number of hydrogen-bond acceptors (Lipinski definition) is 7. The molecule has 0 fully saturated rings. The molecule has 0 aliphatic heterocycles. The summed E-state index contributed by atoms with van der Waals surface area (Å²) in [4.78, 5) is 36.7. The van der Waals surface area contributed by atoms with Crippen LogP contribution in [0.25, 0.3) is 6.08 Å². The number of carbonyl (C=O) groups excluding carboxylic acids is 3. The van der Waals surface area contributed by atoms with Crippen LogP contribution in [0.4, 0.5) is 5.69 Å². The molecule has 3 aromatic rings. The van der Waals surface area contributed by atoms with Gasteiger partial charge in [-0.3, -0.25) is 14.4 Å². The molecular weight excluding hydrogens is 547 g/mol. The minimum absolute atomic E-state index is 0.0964. The van der Waals surface area contributed by atoms with Crippen LogP contribution in [0, 0.1) is 11.3 Å². The predicted molar refractivity (Wildman–Crippen MR) is 145 cm³/mol. The Balaban J connectivity index is 1.50. The molecule has 0 aliphatic carbocycles. The van der Waals surface area contributed by atoms with Crippen LogP contribution in [-0.4, -0.2) is 38.5 Å². The van der Waals surface area contributed by atoms with Gasteiger partial charge in [0.1, 0.15) is 23.2 Å². The number of furan rings is 1. The smallest absolute Gasteiger partial charge is 0.313 e. The van der Waals surface area contributed by atoms with Crippen molar-refractivity contribution >= 4 is 52.7 Å². The highest BCUT2D eigenvalue weighted by molar-refractivity contribution is 6.42. The molecule has 0 atom stereocenters. The van der Waals surface area contributed by atoms with Gasteiger partial charge in [0.2, 0.25) is 0 Å². The molecule has 1 heterocycles. The van der Waals surface area contributed by atoms with Gasteiger partial charge in [-0.2, -0.15) is 5.26 Å². The SMILES string of the molecule is COc1ccc(CCNC(=O)/C(C#N)=C\c2ccc(CNC(=O)C(=O)Nc3ccc(Cl)c(Cl)c3)o2)cc1OC. The lowest BCUT2D eigenvalue weighted by molar-refractivity contribution is -0.136. The molecule has 0 saturated heterocycles. The topological polar surface area (TPSA) is 143 Å². The van der Waals surface area contributed by atoms with Gasteiger partial charge >= 0.3 is 11.8 Å². The molecule has 12 heteroatoms. The van der Waals surface area contributed by atoms with Gasteiger partial charge in [-0.1, -0.05) is 29.3 Å². The first-order chi connectivity index (χ1) is 18.7. The number of rotatable bonds is 10. The molecule has 0 bridgehead atoms. The molecule has 2 aromatic carbocycles. The van der Waals surface area contributed by atoms with Crippen molar-refractivity contribution < 1.29 is 28.3 Å². The first-order valence-electron chi connectivity index (χ1n) is 11.5. The number of nitriles is 1. The Morgan fingerprint density at radius 3 is 2.38 bits per heavy atom. The Morgan fingerprint density at radius 1 is 0.923 bits per heavy atom. The van der Waals surface area contributed by atoms with Gasteiger partial charge in [-0.05, 0) is 54.4 Å². The zero-order valence-corrected chi connectivity index (χ0v) is 22.5. The van der Waals surface area contributed by atoms with E-state index in [1.807, 2.05) is 18.2 Å². The minimum atomic E-state index is -0.906. The van der Waals surface area contributed by atoms with Crippen molar-refractivity contribution in [2.45, 2.75) is 13.0 Å². The predicted octanol–water partition coefficient (Wildman–Crippen LogP) is 4.12. The van der Waals surface area contributed by atoms with Crippen molar-refractivity contribution in [1.29, 1.82) is 5.26 Å². The zero-order chi connectivity index (χ0) is 28.4. The molecule has 0 unspecified atom stereocenters. The fourth-order valence-electron chi connectivity index (χ4n) is 3.32. The molecule has 39 heavy (non-hydrogen) atoms. The maximum absolute atomic E-state index is 12.5. The van der Waals surface area contributed by atoms with Crippen LogP contribution < -0.4 is 25.4 Å². The fourth-order valence-corrected chi connectivity index (χ4v) is 3.62. The van der Waals surface area contributed by atoms with Crippen LogP contribution in [-0.2, 0) is 27.3 Å². The van der Waals surface area contributed by atoms with E-state index in [2.05, 4.69) is 16.0 Å². The Labute approximate surface area is 234 Å². The van der Waals surface area contributed by atoms with Crippen LogP contribution >= 0.6 is 23.2 Å². The summed E-state index contributed by atoms with van der Waals surface area (Å²) in [5, 5.41) is 17.5. The van der Waals surface area contributed by atoms with E-state index in [-0.39, 0.29) is 29.4 Å². The van der Waals surface area contributed by atoms with E-state index < -0.39 is 17.7 Å². The highest BCUT2D eigenvalue weighted by Gasteiger charge is 2.15. The lowest BCUT2D eigenvalue weighted by Crippen LogP contribution is -2.34. The first kappa shape index (κ1) is 29.1. The van der Waals surface area contributed by atoms with Crippen molar-refractivity contribution in [2.24, 2.45) is 0 Å². The highest BCUT2D eigenvalue weighted by Crippen LogP contribution is 2.27. The summed E-state index contributed by atoms with van der Waals surface area (Å²) < 4.78 is 16.0. The molecular formula is C27H24Cl2N4O6. The monoisotopic (exact) mass is 570 g/mol. The fraction of sp³-hybridized carbons (Fsp3) is 0.185. The first-order valence-corrected chi connectivity index (χ1v) is 12.2. The summed E-state index contributed by atoms with van der Waals surface area (Å²) in [6.07, 6.45) is 1.79. The molecule has 0 aliphatic rings. The number of ether oxygens (including phenoxy) is 2. The zero-order valence-electron chi connectivity index (χ0n) is 21.0. The summed E-state index contributed by atoms with van der Waals surface area (Å²) in [7, 11) is 3.09. The van der Waals surface area contributed by atoms with Crippen molar-refractivity contribution in [3.63, 3.8) is 0 Å². The summed E-state index contributed by atoms with van der Waals surface area (Å²) in [6, 6.07) is 14.8. The normalized spacial score (nSPS) is 10.8. The van der Waals surface area contributed by atoms with E-state index >= 15 is 0 Å². The highest BCUT2D eigenvalue weighted by atomic mass is 35.5. The quantitative estimate of drug-likeness (QED) is 0.189. The van der Waals surface area contributed by atoms with E-state index in [1.165, 1.54) is 37.5 Å². The lowest BCUT2D eigenvalue weighted by atomic mass is 10.1. The molecule has 0 spiro atoms. The minimum Gasteiger partial charge on any atom is -0.493 e. The van der Waals surface area contributed by atoms with E-state index in [0.29, 0.717) is 34.4 Å². The molecule has 0 radical (unpaired) electrons. The Bertz CT molecular complexity index is 1440. The number of amides is 3. The maximum Gasteiger partial charge on any atom is 0.313 e. The standard InChI is InChI=1S/C27H24Cl2N4O6/c1-37-23-8-3-16(11-24(23)38-2)9-10-31-25(34)17(14-30)12-19-5-6-20(39-19)15-32-26(35)27(36)33-18-4-7-21(28)22(29)13-18/h3-8,11-13H,9-10,15H2,1-2H3,(H,31,34)(H,32,35)(H,33,36)/b17-12-. The third kappa shape index (κ3) is 8.26. The van der Waals surface area contributed by atoms with Crippen LogP contribution in [0.15, 0.2) is 58.5 Å². The molecule has 3 rings (SSSR count). The van der Waals surface area contributed by atoms with Gasteiger partial charge in [-0.15, -0.1) is 0 Å². The van der Waals surface area contributed by atoms with E-state index in [0.717, 1.165) is 5.56 Å². The van der Waals surface area contributed by atoms with Crippen molar-refractivity contribution in [3.8, 4) is 17.6 Å². The van der Waals surface area contributed by atoms with Crippen molar-refractivity contribution in [1.82, 2.24) is 10.6 Å². The summed E-state index contributed by atoms with van der Waals surface area (Å²) in [5.41, 5.74) is 1.06. The average molecular weight is 571 g/mol. The molecule has 10 nitrogen and oxygen atoms in total. The van der Waals surface area contributed by atoms with Gasteiger partial charge < -0.3 is 29.8 Å². The number of nitrogens with one attached hydrogen (secondary N) is 3. The molecule has 3 amide bonds. The molecule has 1 aromatic heterocycles. The molecule has 202 valence electrons. The third-order valence-electron chi connectivity index (χ3n) is 5.29. The Kier molecular flexibility index (Phi) is 10.4. The second-order valence-electron chi connectivity index (χ2n) is 7.93. The number of methoxy groups -OCH3 is 2. The largest absolute Gasteiger partial charge is 0.493 e. The van der Waals surface area contributed by atoms with Crippen molar-refractivity contribution in [3.05, 3.63) is 81.2 Å². The van der Waals surface area contributed by atoms with Crippen LogP contribution in [0.5, 0.6) is 11.5 Å². The van der Waals surface area contributed by atoms with E-state index in [1.54, 1.807) is 19.2 Å². The van der Waals surface area contributed by atoms with Gasteiger partial charge in [-0.25, -0.2) is 0 Å². The number of hydrogen-bond donors (Lipinski definition) is 3. The van der Waals surface area contributed by atoms with Gasteiger partial charge in [0, 0.05) is 18.3 Å². The number of anilines is 1. The van der Waals surface area contributed by atoms with Crippen LogP contribution in [0.3, 0.4) is 0 Å². The molecule has 3 N–H and O–H groups in total. The van der Waals surface area contributed by atoms with Gasteiger partial charge in [0.25, 0.3) is 5.91 Å². The second kappa shape index (κ2) is 13.9. The maximum atomic E-state index is 12.5. The van der Waals surface area contributed by atoms with Crippen molar-refractivity contribution in [2.75, 3.05) is 26.1 Å².